The molecule has 50 valence electrons. The molecule has 0 saturated heterocycles. The van der Waals surface area contributed by atoms with Crippen LogP contribution in [-0.2, 0) is 19.2 Å². The van der Waals surface area contributed by atoms with Crippen LogP contribution in [0.4, 0.5) is 0 Å². The summed E-state index contributed by atoms with van der Waals surface area (Å²) in [5, 5.41) is 4.50. The SMILES string of the molecule is CC(C)(C)N.[CH3][Ti][CH3]. The van der Waals surface area contributed by atoms with E-state index in [1.807, 2.05) is 20.8 Å². The monoisotopic (exact) mass is 151 g/mol. The van der Waals surface area contributed by atoms with Crippen LogP contribution >= 0.6 is 0 Å². The Morgan fingerprint density at radius 2 is 1.12 bits per heavy atom. The molecular weight excluding hydrogens is 134 g/mol. The van der Waals surface area contributed by atoms with E-state index in [4.69, 9.17) is 5.73 Å². The summed E-state index contributed by atoms with van der Waals surface area (Å²) in [6, 6.07) is 0. The van der Waals surface area contributed by atoms with Gasteiger partial charge in [0.2, 0.25) is 0 Å². The molecule has 0 atom stereocenters. The van der Waals surface area contributed by atoms with Crippen molar-refractivity contribution >= 4 is 0 Å². The van der Waals surface area contributed by atoms with Gasteiger partial charge in [-0.1, -0.05) is 0 Å². The van der Waals surface area contributed by atoms with E-state index >= 15 is 0 Å². The Kier molecular flexibility index (Phi) is 8.32. The Hall–Kier alpha value is 0.674. The van der Waals surface area contributed by atoms with Crippen molar-refractivity contribution in [1.29, 1.82) is 0 Å². The maximum atomic E-state index is 5.35. The fourth-order valence-corrected chi connectivity index (χ4v) is 0. The summed E-state index contributed by atoms with van der Waals surface area (Å²) < 4.78 is 0. The van der Waals surface area contributed by atoms with Crippen LogP contribution < -0.4 is 5.73 Å². The van der Waals surface area contributed by atoms with Gasteiger partial charge in [-0.2, -0.15) is 0 Å². The van der Waals surface area contributed by atoms with Crippen LogP contribution in [0.25, 0.3) is 0 Å². The zero-order valence-electron chi connectivity index (χ0n) is 6.58. The van der Waals surface area contributed by atoms with Crippen LogP contribution in [0.5, 0.6) is 0 Å². The van der Waals surface area contributed by atoms with Gasteiger partial charge in [0.05, 0.1) is 0 Å². The topological polar surface area (TPSA) is 26.0 Å². The molecule has 2 N–H and O–H groups in total. The van der Waals surface area contributed by atoms with Gasteiger partial charge in [0.25, 0.3) is 0 Å². The van der Waals surface area contributed by atoms with Crippen LogP contribution in [0.2, 0.25) is 10.5 Å². The van der Waals surface area contributed by atoms with Gasteiger partial charge in [-0.25, -0.2) is 0 Å². The quantitative estimate of drug-likeness (QED) is 0.526. The van der Waals surface area contributed by atoms with Crippen molar-refractivity contribution in [2.24, 2.45) is 5.73 Å². The van der Waals surface area contributed by atoms with E-state index < -0.39 is 0 Å². The molecule has 1 nitrogen and oxygen atoms in total. The van der Waals surface area contributed by atoms with Gasteiger partial charge in [0.1, 0.15) is 0 Å². The Balaban J connectivity index is 0. The van der Waals surface area contributed by atoms with E-state index in [2.05, 4.69) is 10.5 Å². The number of rotatable bonds is 0. The number of hydrogen-bond donors (Lipinski definition) is 1. The van der Waals surface area contributed by atoms with Crippen LogP contribution in [0.15, 0.2) is 0 Å². The predicted octanol–water partition coefficient (Wildman–Crippen LogP) is 1.91. The normalized spacial score (nSPS) is 9.25. The molecule has 0 aliphatic rings. The third kappa shape index (κ3) is 473. The first-order valence-corrected chi connectivity index (χ1v) is 5.91. The van der Waals surface area contributed by atoms with Crippen molar-refractivity contribution in [1.82, 2.24) is 0 Å². The molecule has 0 aliphatic heterocycles. The van der Waals surface area contributed by atoms with E-state index in [1.165, 1.54) is 0 Å². The third-order valence-electron chi connectivity index (χ3n) is 0. The minimum absolute atomic E-state index is 0. The first-order valence-electron chi connectivity index (χ1n) is 2.79. The minimum atomic E-state index is 0. The van der Waals surface area contributed by atoms with Crippen molar-refractivity contribution in [2.45, 2.75) is 36.8 Å². The number of nitrogens with two attached hydrogens (primary N) is 1. The van der Waals surface area contributed by atoms with Crippen molar-refractivity contribution in [2.75, 3.05) is 0 Å². The zero-order chi connectivity index (χ0) is 7.21. The Morgan fingerprint density at radius 1 is 1.12 bits per heavy atom. The molecule has 0 radical (unpaired) electrons. The van der Waals surface area contributed by atoms with Crippen molar-refractivity contribution in [3.63, 3.8) is 0 Å². The first-order chi connectivity index (χ1) is 3.41. The fraction of sp³-hybridized carbons (Fsp3) is 1.00. The van der Waals surface area contributed by atoms with Gasteiger partial charge >= 0.3 is 29.6 Å². The van der Waals surface area contributed by atoms with E-state index in [9.17, 15) is 0 Å². The van der Waals surface area contributed by atoms with E-state index in [0.29, 0.717) is 19.2 Å². The summed E-state index contributed by atoms with van der Waals surface area (Å²) in [6.45, 7) is 5.90. The van der Waals surface area contributed by atoms with Crippen molar-refractivity contribution in [3.8, 4) is 0 Å². The van der Waals surface area contributed by atoms with Gasteiger partial charge in [-0.05, 0) is 20.8 Å². The number of hydrogen-bond acceptors (Lipinski definition) is 1. The molecule has 2 heteroatoms. The van der Waals surface area contributed by atoms with Gasteiger partial charge < -0.3 is 5.73 Å². The molecule has 0 aromatic rings. The van der Waals surface area contributed by atoms with Gasteiger partial charge in [0, 0.05) is 5.54 Å². The summed E-state index contributed by atoms with van der Waals surface area (Å²) in [6.07, 6.45) is 0. The summed E-state index contributed by atoms with van der Waals surface area (Å²) in [7, 11) is 0. The Morgan fingerprint density at radius 3 is 1.12 bits per heavy atom. The molecule has 0 spiro atoms. The molecule has 0 rings (SSSR count). The van der Waals surface area contributed by atoms with Crippen molar-refractivity contribution < 1.29 is 19.2 Å². The van der Waals surface area contributed by atoms with Crippen LogP contribution in [-0.4, -0.2) is 5.54 Å². The molecule has 0 bridgehead atoms. The Labute approximate surface area is 62.0 Å². The van der Waals surface area contributed by atoms with Crippen molar-refractivity contribution in [3.05, 3.63) is 0 Å². The second-order valence-electron chi connectivity index (χ2n) is 2.87. The molecule has 0 aliphatic carbocycles. The summed E-state index contributed by atoms with van der Waals surface area (Å²) >= 11 is 0.500. The van der Waals surface area contributed by atoms with Gasteiger partial charge in [-0.15, -0.1) is 0 Å². The second kappa shape index (κ2) is 5.80. The third-order valence-corrected chi connectivity index (χ3v) is 0. The molecule has 0 unspecified atom stereocenters. The molecule has 0 fully saturated rings. The summed E-state index contributed by atoms with van der Waals surface area (Å²) in [5.41, 5.74) is 5.35. The summed E-state index contributed by atoms with van der Waals surface area (Å²) in [5.74, 6) is 0. The zero-order valence-corrected chi connectivity index (χ0v) is 8.14. The molecular formula is C6H17NTi. The average Bonchev–Trinajstić information content (AvgIpc) is 1.27. The second-order valence-corrected chi connectivity index (χ2v) is 4.43. The fourth-order valence-electron chi connectivity index (χ4n) is 0. The molecule has 0 aromatic heterocycles. The standard InChI is InChI=1S/C4H11N.2CH3.Ti/c1-4(2,3)5;;;/h5H2,1-3H3;2*1H3;. The molecule has 0 aromatic carbocycles. The molecule has 0 saturated carbocycles. The van der Waals surface area contributed by atoms with E-state index in [0.717, 1.165) is 0 Å². The van der Waals surface area contributed by atoms with Crippen LogP contribution in [0.1, 0.15) is 20.8 Å². The van der Waals surface area contributed by atoms with E-state index in [1.54, 1.807) is 0 Å². The van der Waals surface area contributed by atoms with Crippen LogP contribution in [0, 0.1) is 0 Å². The molecule has 0 amide bonds. The molecule has 8 heavy (non-hydrogen) atoms. The average molecular weight is 151 g/mol. The molecule has 0 heterocycles. The predicted molar refractivity (Wildman–Crippen MR) is 35.7 cm³/mol. The van der Waals surface area contributed by atoms with Crippen LogP contribution in [0.3, 0.4) is 0 Å². The summed E-state index contributed by atoms with van der Waals surface area (Å²) in [4.78, 5) is 0. The first kappa shape index (κ1) is 11.5. The van der Waals surface area contributed by atoms with E-state index in [-0.39, 0.29) is 5.54 Å². The maximum absolute atomic E-state index is 5.35. The van der Waals surface area contributed by atoms with Gasteiger partial charge in [-0.3, -0.25) is 0 Å². The van der Waals surface area contributed by atoms with Gasteiger partial charge in [0.15, 0.2) is 0 Å². The Bertz CT molecular complexity index is 32.3.